The van der Waals surface area contributed by atoms with Crippen LogP contribution in [-0.2, 0) is 4.79 Å². The van der Waals surface area contributed by atoms with Gasteiger partial charge in [-0.1, -0.05) is 24.3 Å². The number of benzene rings is 2. The van der Waals surface area contributed by atoms with Gasteiger partial charge in [0.15, 0.2) is 0 Å². The lowest BCUT2D eigenvalue weighted by Gasteiger charge is -2.17. The number of pyridine rings is 1. The van der Waals surface area contributed by atoms with Crippen molar-refractivity contribution in [2.75, 3.05) is 19.4 Å². The van der Waals surface area contributed by atoms with Crippen LogP contribution in [-0.4, -0.2) is 51.9 Å². The number of carbonyl (C=O) groups excluding carboxylic acids is 2. The number of fused-ring (bicyclic) bond motifs is 1. The van der Waals surface area contributed by atoms with Crippen LogP contribution in [0.2, 0.25) is 0 Å². The highest BCUT2D eigenvalue weighted by atomic mass is 16.3. The normalized spacial score (nSPS) is 11.9. The Balaban J connectivity index is 1.81. The van der Waals surface area contributed by atoms with Crippen molar-refractivity contribution in [1.29, 1.82) is 0 Å². The first kappa shape index (κ1) is 22.0. The fourth-order valence-electron chi connectivity index (χ4n) is 3.58. The monoisotopic (exact) mass is 443 g/mol. The molecule has 0 bridgehead atoms. The summed E-state index contributed by atoms with van der Waals surface area (Å²) in [5, 5.41) is 13.9. The maximum atomic E-state index is 12.8. The van der Waals surface area contributed by atoms with E-state index >= 15 is 0 Å². The van der Waals surface area contributed by atoms with Gasteiger partial charge in [-0.25, -0.2) is 4.98 Å². The van der Waals surface area contributed by atoms with Gasteiger partial charge in [0.25, 0.3) is 5.91 Å². The third kappa shape index (κ3) is 4.28. The van der Waals surface area contributed by atoms with Crippen molar-refractivity contribution in [3.8, 4) is 28.0 Å². The number of nitrogens with two attached hydrogens (primary N) is 1. The van der Waals surface area contributed by atoms with Crippen LogP contribution < -0.4 is 11.1 Å². The lowest BCUT2D eigenvalue weighted by Crippen LogP contribution is -2.33. The van der Waals surface area contributed by atoms with Crippen molar-refractivity contribution < 1.29 is 14.7 Å². The number of hydrogen-bond acceptors (Lipinski definition) is 5. The second-order valence-electron chi connectivity index (χ2n) is 8.08. The molecule has 5 N–H and O–H groups in total. The number of aromatic amines is 1. The molecule has 0 aliphatic rings. The zero-order chi connectivity index (χ0) is 23.7. The smallest absolute Gasteiger partial charge is 0.255 e. The number of aromatic hydroxyl groups is 1. The summed E-state index contributed by atoms with van der Waals surface area (Å²) in [6.45, 7) is 1.58. The SMILES string of the molecule is C[C@H](N)C(=O)Nc1ccc(-c2cnc3[nH]cc(-c4ccccc4O)c3c2)cc1C(=O)N(C)C. The third-order valence-electron chi connectivity index (χ3n) is 5.39. The van der Waals surface area contributed by atoms with Gasteiger partial charge in [-0.3, -0.25) is 9.59 Å². The van der Waals surface area contributed by atoms with E-state index in [2.05, 4.69) is 15.3 Å². The predicted molar refractivity (Wildman–Crippen MR) is 129 cm³/mol. The molecule has 0 aliphatic carbocycles. The molecule has 8 nitrogen and oxygen atoms in total. The molecular weight excluding hydrogens is 418 g/mol. The molecule has 4 aromatic rings. The number of rotatable bonds is 5. The second kappa shape index (κ2) is 8.76. The summed E-state index contributed by atoms with van der Waals surface area (Å²) in [6.07, 6.45) is 3.52. The van der Waals surface area contributed by atoms with Crippen LogP contribution in [0.4, 0.5) is 5.69 Å². The summed E-state index contributed by atoms with van der Waals surface area (Å²) in [6, 6.07) is 13.6. The summed E-state index contributed by atoms with van der Waals surface area (Å²) >= 11 is 0. The Kier molecular flexibility index (Phi) is 5.85. The first-order valence-electron chi connectivity index (χ1n) is 10.4. The Morgan fingerprint density at radius 2 is 1.85 bits per heavy atom. The summed E-state index contributed by atoms with van der Waals surface area (Å²) in [5.74, 6) is -0.447. The minimum absolute atomic E-state index is 0.178. The molecule has 168 valence electrons. The Bertz CT molecular complexity index is 1360. The number of nitrogens with one attached hydrogen (secondary N) is 2. The number of para-hydroxylation sites is 1. The number of anilines is 1. The van der Waals surface area contributed by atoms with E-state index in [1.807, 2.05) is 30.5 Å². The zero-order valence-electron chi connectivity index (χ0n) is 18.6. The van der Waals surface area contributed by atoms with Gasteiger partial charge in [-0.15, -0.1) is 0 Å². The number of phenolic OH excluding ortho intramolecular Hbond substituents is 1. The van der Waals surface area contributed by atoms with Crippen LogP contribution in [0.3, 0.4) is 0 Å². The second-order valence-corrected chi connectivity index (χ2v) is 8.08. The molecule has 8 heteroatoms. The largest absolute Gasteiger partial charge is 0.507 e. The molecule has 0 saturated carbocycles. The van der Waals surface area contributed by atoms with Gasteiger partial charge in [0, 0.05) is 48.6 Å². The van der Waals surface area contributed by atoms with Gasteiger partial charge in [0.1, 0.15) is 11.4 Å². The number of amides is 2. The average molecular weight is 444 g/mol. The molecule has 1 atom stereocenters. The Labute approximate surface area is 191 Å². The number of nitrogens with zero attached hydrogens (tertiary/aromatic N) is 2. The van der Waals surface area contributed by atoms with Crippen molar-refractivity contribution in [2.24, 2.45) is 5.73 Å². The number of hydrogen-bond donors (Lipinski definition) is 4. The highest BCUT2D eigenvalue weighted by Gasteiger charge is 2.19. The molecule has 0 unspecified atom stereocenters. The molecule has 0 radical (unpaired) electrons. The molecular formula is C25H25N5O3. The highest BCUT2D eigenvalue weighted by molar-refractivity contribution is 6.06. The lowest BCUT2D eigenvalue weighted by molar-refractivity contribution is -0.117. The number of aromatic nitrogens is 2. The zero-order valence-corrected chi connectivity index (χ0v) is 18.6. The van der Waals surface area contributed by atoms with Crippen molar-refractivity contribution in [1.82, 2.24) is 14.9 Å². The fourth-order valence-corrected chi connectivity index (χ4v) is 3.58. The molecule has 2 aromatic carbocycles. The minimum atomic E-state index is -0.708. The maximum absolute atomic E-state index is 12.8. The molecule has 33 heavy (non-hydrogen) atoms. The van der Waals surface area contributed by atoms with Gasteiger partial charge in [0.2, 0.25) is 5.91 Å². The summed E-state index contributed by atoms with van der Waals surface area (Å²) in [4.78, 5) is 34.1. The molecule has 0 saturated heterocycles. The molecule has 4 rings (SSSR count). The predicted octanol–water partition coefficient (Wildman–Crippen LogP) is 3.59. The topological polar surface area (TPSA) is 124 Å². The summed E-state index contributed by atoms with van der Waals surface area (Å²) in [7, 11) is 3.30. The molecule has 2 heterocycles. The van der Waals surface area contributed by atoms with Crippen molar-refractivity contribution in [3.63, 3.8) is 0 Å². The lowest BCUT2D eigenvalue weighted by atomic mass is 9.99. The van der Waals surface area contributed by atoms with Gasteiger partial charge in [0.05, 0.1) is 17.3 Å². The first-order chi connectivity index (χ1) is 15.8. The van der Waals surface area contributed by atoms with Gasteiger partial charge in [-0.2, -0.15) is 0 Å². The average Bonchev–Trinajstić information content (AvgIpc) is 3.22. The number of phenols is 1. The van der Waals surface area contributed by atoms with E-state index < -0.39 is 6.04 Å². The quantitative estimate of drug-likeness (QED) is 0.375. The van der Waals surface area contributed by atoms with Crippen LogP contribution in [0.15, 0.2) is 60.9 Å². The Morgan fingerprint density at radius 1 is 1.09 bits per heavy atom. The molecule has 2 aromatic heterocycles. The highest BCUT2D eigenvalue weighted by Crippen LogP contribution is 2.36. The van der Waals surface area contributed by atoms with Gasteiger partial charge in [-0.05, 0) is 36.8 Å². The van der Waals surface area contributed by atoms with E-state index in [9.17, 15) is 14.7 Å². The standard InChI is InChI=1S/C25H25N5O3/c1-14(26)24(32)29-21-9-8-15(10-19(21)25(33)30(2)3)16-11-18-20(13-28-23(18)27-12-16)17-6-4-5-7-22(17)31/h4-14,31H,26H2,1-3H3,(H,27,28)(H,29,32)/t14-/m0/s1. The summed E-state index contributed by atoms with van der Waals surface area (Å²) in [5.41, 5.74) is 10.2. The van der Waals surface area contributed by atoms with E-state index in [4.69, 9.17) is 5.73 Å². The Morgan fingerprint density at radius 3 is 2.55 bits per heavy atom. The van der Waals surface area contributed by atoms with Crippen molar-refractivity contribution >= 4 is 28.5 Å². The van der Waals surface area contributed by atoms with Crippen LogP contribution in [0.25, 0.3) is 33.3 Å². The summed E-state index contributed by atoms with van der Waals surface area (Å²) < 4.78 is 0. The third-order valence-corrected chi connectivity index (χ3v) is 5.39. The minimum Gasteiger partial charge on any atom is -0.507 e. The number of carbonyl (C=O) groups is 2. The van der Waals surface area contributed by atoms with Crippen molar-refractivity contribution in [3.05, 3.63) is 66.5 Å². The van der Waals surface area contributed by atoms with E-state index in [1.54, 1.807) is 51.5 Å². The maximum Gasteiger partial charge on any atom is 0.255 e. The van der Waals surface area contributed by atoms with E-state index in [-0.39, 0.29) is 17.6 Å². The van der Waals surface area contributed by atoms with E-state index in [0.29, 0.717) is 22.5 Å². The number of H-pyrrole nitrogens is 1. The van der Waals surface area contributed by atoms with Crippen molar-refractivity contribution in [2.45, 2.75) is 13.0 Å². The first-order valence-corrected chi connectivity index (χ1v) is 10.4. The van der Waals surface area contributed by atoms with Gasteiger partial charge < -0.3 is 26.0 Å². The molecule has 0 fully saturated rings. The van der Waals surface area contributed by atoms with Crippen LogP contribution in [0.5, 0.6) is 5.75 Å². The van der Waals surface area contributed by atoms with Crippen LogP contribution in [0.1, 0.15) is 17.3 Å². The molecule has 0 aliphatic heterocycles. The van der Waals surface area contributed by atoms with E-state index in [0.717, 1.165) is 22.1 Å². The Hall–Kier alpha value is -4.17. The molecule has 0 spiro atoms. The van der Waals surface area contributed by atoms with E-state index in [1.165, 1.54) is 4.90 Å². The molecule has 2 amide bonds. The fraction of sp³-hybridized carbons (Fsp3) is 0.160. The van der Waals surface area contributed by atoms with Gasteiger partial charge >= 0.3 is 0 Å². The van der Waals surface area contributed by atoms with Crippen LogP contribution in [0, 0.1) is 0 Å². The van der Waals surface area contributed by atoms with Crippen LogP contribution >= 0.6 is 0 Å².